The highest BCUT2D eigenvalue weighted by Gasteiger charge is 2.48. The highest BCUT2D eigenvalue weighted by atomic mass is 19.4. The van der Waals surface area contributed by atoms with Crippen molar-refractivity contribution in [1.29, 1.82) is 0 Å². The Morgan fingerprint density at radius 2 is 1.97 bits per heavy atom. The van der Waals surface area contributed by atoms with E-state index in [4.69, 9.17) is 5.73 Å². The maximum Gasteiger partial charge on any atom is 0.394 e. The zero-order valence-electron chi connectivity index (χ0n) is 17.4. The number of halogens is 5. The topological polar surface area (TPSA) is 83.8 Å². The fourth-order valence-corrected chi connectivity index (χ4v) is 3.57. The molecule has 4 N–H and O–H groups in total. The molecule has 1 fully saturated rings. The number of alkyl halides is 5. The van der Waals surface area contributed by atoms with Crippen LogP contribution in [0.3, 0.4) is 0 Å². The zero-order chi connectivity index (χ0) is 23.0. The summed E-state index contributed by atoms with van der Waals surface area (Å²) in [6.45, 7) is 2.20. The Kier molecular flexibility index (Phi) is 6.59. The maximum absolute atomic E-state index is 13.2. The molecule has 3 rings (SSSR count). The van der Waals surface area contributed by atoms with Gasteiger partial charge in [0.05, 0.1) is 28.5 Å². The van der Waals surface area contributed by atoms with Crippen molar-refractivity contribution in [3.8, 4) is 0 Å². The summed E-state index contributed by atoms with van der Waals surface area (Å²) in [5.74, 6) is 0.0533. The fraction of sp³-hybridized carbons (Fsp3) is 0.619. The van der Waals surface area contributed by atoms with E-state index in [0.717, 1.165) is 32.3 Å². The Balaban J connectivity index is 1.77. The molecule has 1 heterocycles. The number of nitrogens with one attached hydrogen (secondary N) is 2. The van der Waals surface area contributed by atoms with Gasteiger partial charge in [0, 0.05) is 12.8 Å². The van der Waals surface area contributed by atoms with E-state index >= 15 is 0 Å². The summed E-state index contributed by atoms with van der Waals surface area (Å²) >= 11 is 0. The smallest absolute Gasteiger partial charge is 0.349 e. The van der Waals surface area contributed by atoms with Crippen LogP contribution in [0, 0.1) is 11.3 Å². The molecule has 5 nitrogen and oxygen atoms in total. The van der Waals surface area contributed by atoms with Crippen molar-refractivity contribution in [2.24, 2.45) is 17.1 Å². The zero-order valence-corrected chi connectivity index (χ0v) is 17.4. The molecular weight excluding hydrogens is 419 g/mol. The number of carbonyl (C=O) groups excluding carboxylic acids is 1. The summed E-state index contributed by atoms with van der Waals surface area (Å²) in [6, 6.07) is 4.05. The number of hydrogen-bond donors (Lipinski definition) is 3. The molecule has 0 unspecified atom stereocenters. The average molecular weight is 446 g/mol. The molecule has 1 aliphatic rings. The van der Waals surface area contributed by atoms with Crippen molar-refractivity contribution in [1.82, 2.24) is 15.3 Å². The van der Waals surface area contributed by atoms with Gasteiger partial charge in [0.2, 0.25) is 12.3 Å². The van der Waals surface area contributed by atoms with Crippen molar-refractivity contribution in [3.63, 3.8) is 0 Å². The lowest BCUT2D eigenvalue weighted by molar-refractivity contribution is -0.215. The van der Waals surface area contributed by atoms with Crippen molar-refractivity contribution in [2.45, 2.75) is 70.6 Å². The highest BCUT2D eigenvalue weighted by molar-refractivity contribution is 5.78. The lowest BCUT2D eigenvalue weighted by Gasteiger charge is -2.29. The number of aromatic nitrogens is 2. The second-order valence-corrected chi connectivity index (χ2v) is 8.90. The number of H-pyrrole nitrogens is 1. The number of aromatic amines is 1. The number of fused-ring (bicyclic) bond motifs is 1. The van der Waals surface area contributed by atoms with Crippen LogP contribution in [-0.2, 0) is 4.79 Å². The molecule has 1 aliphatic carbocycles. The highest BCUT2D eigenvalue weighted by Crippen LogP contribution is 2.43. The Morgan fingerprint density at radius 1 is 1.29 bits per heavy atom. The summed E-state index contributed by atoms with van der Waals surface area (Å²) in [4.78, 5) is 19.4. The van der Waals surface area contributed by atoms with Crippen molar-refractivity contribution < 1.29 is 26.7 Å². The monoisotopic (exact) mass is 446 g/mol. The summed E-state index contributed by atoms with van der Waals surface area (Å²) in [7, 11) is 0. The fourth-order valence-electron chi connectivity index (χ4n) is 3.57. The second-order valence-electron chi connectivity index (χ2n) is 8.90. The third kappa shape index (κ3) is 5.72. The van der Waals surface area contributed by atoms with E-state index in [1.807, 2.05) is 0 Å². The Bertz CT molecular complexity index is 920. The molecule has 0 aliphatic heterocycles. The number of carbonyl (C=O) groups is 1. The molecule has 0 radical (unpaired) electrons. The van der Waals surface area contributed by atoms with E-state index in [-0.39, 0.29) is 30.6 Å². The first-order chi connectivity index (χ1) is 14.4. The number of amides is 1. The Labute approximate surface area is 177 Å². The van der Waals surface area contributed by atoms with Crippen LogP contribution in [-0.4, -0.2) is 28.5 Å². The summed E-state index contributed by atoms with van der Waals surface area (Å²) < 4.78 is 64.3. The average Bonchev–Trinajstić information content (AvgIpc) is 3.40. The van der Waals surface area contributed by atoms with Gasteiger partial charge in [-0.2, -0.15) is 13.2 Å². The molecule has 1 amide bonds. The predicted octanol–water partition coefficient (Wildman–Crippen LogP) is 5.15. The first kappa shape index (κ1) is 23.4. The molecule has 1 aromatic carbocycles. The van der Waals surface area contributed by atoms with Gasteiger partial charge >= 0.3 is 6.18 Å². The number of nitrogens with zero attached hydrogens (tertiary/aromatic N) is 1. The minimum Gasteiger partial charge on any atom is -0.349 e. The quantitative estimate of drug-likeness (QED) is 0.466. The lowest BCUT2D eigenvalue weighted by Crippen LogP contribution is -2.35. The summed E-state index contributed by atoms with van der Waals surface area (Å²) in [6.07, 6.45) is -6.14. The van der Waals surface area contributed by atoms with Crippen LogP contribution in [0.5, 0.6) is 0 Å². The molecule has 10 heteroatoms. The molecule has 31 heavy (non-hydrogen) atoms. The number of nitrogens with two attached hydrogens (primary N) is 1. The van der Waals surface area contributed by atoms with Gasteiger partial charge in [-0.3, -0.25) is 4.79 Å². The van der Waals surface area contributed by atoms with Gasteiger partial charge < -0.3 is 16.0 Å². The first-order valence-electron chi connectivity index (χ1n) is 10.3. The van der Waals surface area contributed by atoms with Gasteiger partial charge in [0.25, 0.3) is 0 Å². The lowest BCUT2D eigenvalue weighted by atomic mass is 9.85. The van der Waals surface area contributed by atoms with Crippen LogP contribution in [0.25, 0.3) is 11.0 Å². The van der Waals surface area contributed by atoms with Gasteiger partial charge in [0.1, 0.15) is 5.82 Å². The van der Waals surface area contributed by atoms with E-state index in [1.165, 1.54) is 0 Å². The van der Waals surface area contributed by atoms with E-state index < -0.39 is 36.4 Å². The van der Waals surface area contributed by atoms with Gasteiger partial charge in [-0.25, -0.2) is 13.8 Å². The van der Waals surface area contributed by atoms with Crippen LogP contribution >= 0.6 is 0 Å². The number of benzene rings is 1. The molecular formula is C21H27F5N4O. The molecule has 2 atom stereocenters. The molecule has 0 saturated heterocycles. The largest absolute Gasteiger partial charge is 0.394 e. The number of rotatable bonds is 9. The number of hydrogen-bond acceptors (Lipinski definition) is 3. The van der Waals surface area contributed by atoms with Crippen LogP contribution < -0.4 is 11.1 Å². The predicted molar refractivity (Wildman–Crippen MR) is 106 cm³/mol. The van der Waals surface area contributed by atoms with Crippen molar-refractivity contribution >= 4 is 16.9 Å². The molecule has 1 aromatic heterocycles. The van der Waals surface area contributed by atoms with Gasteiger partial charge in [-0.1, -0.05) is 19.9 Å². The van der Waals surface area contributed by atoms with Crippen molar-refractivity contribution in [3.05, 3.63) is 29.6 Å². The third-order valence-electron chi connectivity index (χ3n) is 5.73. The SMILES string of the molecule is CC(C)(C[C@H](N)c1nc2ccc([C@H](NC(=O)CCC(F)F)C3CC3)cc2[nH]1)C(F)(F)F. The van der Waals surface area contributed by atoms with Gasteiger partial charge in [-0.05, 0) is 42.9 Å². The normalized spacial score (nSPS) is 17.2. The van der Waals surface area contributed by atoms with Gasteiger partial charge in [0.15, 0.2) is 0 Å². The maximum atomic E-state index is 13.2. The summed E-state index contributed by atoms with van der Waals surface area (Å²) in [5, 5.41) is 2.84. The number of imidazole rings is 1. The standard InChI is InChI=1S/C21H27F5N4O/c1-20(2,21(24,25)26)10-13(27)19-28-14-6-5-12(9-15(14)29-19)18(11-3-4-11)30-17(31)8-7-16(22)23/h5-6,9,11,13,16,18H,3-4,7-8,10,27H2,1-2H3,(H,28,29)(H,30,31)/t13-,18+/m0/s1. The summed E-state index contributed by atoms with van der Waals surface area (Å²) in [5.41, 5.74) is 5.99. The minimum absolute atomic E-state index is 0.227. The van der Waals surface area contributed by atoms with E-state index in [9.17, 15) is 26.7 Å². The Morgan fingerprint density at radius 3 is 2.55 bits per heavy atom. The third-order valence-corrected chi connectivity index (χ3v) is 5.73. The minimum atomic E-state index is -4.39. The van der Waals surface area contributed by atoms with Crippen molar-refractivity contribution in [2.75, 3.05) is 0 Å². The molecule has 1 saturated carbocycles. The van der Waals surface area contributed by atoms with E-state index in [1.54, 1.807) is 18.2 Å². The van der Waals surface area contributed by atoms with Crippen LogP contribution in [0.4, 0.5) is 22.0 Å². The van der Waals surface area contributed by atoms with Crippen LogP contribution in [0.15, 0.2) is 18.2 Å². The first-order valence-corrected chi connectivity index (χ1v) is 10.3. The van der Waals surface area contributed by atoms with Gasteiger partial charge in [-0.15, -0.1) is 0 Å². The molecule has 0 bridgehead atoms. The van der Waals surface area contributed by atoms with Crippen LogP contribution in [0.1, 0.15) is 69.4 Å². The second kappa shape index (κ2) is 8.72. The molecule has 0 spiro atoms. The van der Waals surface area contributed by atoms with E-state index in [0.29, 0.717) is 11.0 Å². The Hall–Kier alpha value is -2.23. The molecule has 172 valence electrons. The van der Waals surface area contributed by atoms with E-state index in [2.05, 4.69) is 15.3 Å². The van der Waals surface area contributed by atoms with Crippen LogP contribution in [0.2, 0.25) is 0 Å². The molecule has 2 aromatic rings.